The van der Waals surface area contributed by atoms with Gasteiger partial charge in [0, 0.05) is 18.3 Å². The normalized spacial score (nSPS) is 19.1. The smallest absolute Gasteiger partial charge is 0.233 e. The van der Waals surface area contributed by atoms with Gasteiger partial charge in [-0.3, -0.25) is 4.79 Å². The molecule has 112 valence electrons. The summed E-state index contributed by atoms with van der Waals surface area (Å²) >= 11 is 1.46. The number of hydrogen-bond acceptors (Lipinski definition) is 4. The number of aromatic nitrogens is 2. The van der Waals surface area contributed by atoms with E-state index in [9.17, 15) is 4.79 Å². The van der Waals surface area contributed by atoms with E-state index >= 15 is 0 Å². The Bertz CT molecular complexity index is 654. The standard InChI is InChI=1S/C15H20N4OS/c1-10-4-2-3-7-19(10)14(20)9-21-15-17-12-6-5-11(16)8-13(12)18-15/h5-6,8,10H,2-4,7,9,16H2,1H3,(H,17,18). The van der Waals surface area contributed by atoms with Crippen molar-refractivity contribution < 1.29 is 4.79 Å². The second kappa shape index (κ2) is 5.97. The van der Waals surface area contributed by atoms with E-state index in [1.807, 2.05) is 23.1 Å². The first-order chi connectivity index (χ1) is 10.1. The molecule has 2 heterocycles. The van der Waals surface area contributed by atoms with Crippen LogP contribution in [0.1, 0.15) is 26.2 Å². The Morgan fingerprint density at radius 1 is 1.52 bits per heavy atom. The highest BCUT2D eigenvalue weighted by Gasteiger charge is 2.23. The minimum absolute atomic E-state index is 0.201. The molecule has 1 atom stereocenters. The second-order valence-electron chi connectivity index (χ2n) is 5.54. The molecule has 0 aliphatic carbocycles. The lowest BCUT2D eigenvalue weighted by Gasteiger charge is -2.33. The van der Waals surface area contributed by atoms with Crippen LogP contribution in [0.15, 0.2) is 23.4 Å². The van der Waals surface area contributed by atoms with Crippen LogP contribution in [0.25, 0.3) is 11.0 Å². The van der Waals surface area contributed by atoms with Crippen molar-refractivity contribution >= 4 is 34.4 Å². The summed E-state index contributed by atoms with van der Waals surface area (Å²) in [6, 6.07) is 5.95. The van der Waals surface area contributed by atoms with Crippen LogP contribution in [0.3, 0.4) is 0 Å². The van der Waals surface area contributed by atoms with Crippen molar-refractivity contribution in [3.63, 3.8) is 0 Å². The van der Waals surface area contributed by atoms with Crippen LogP contribution in [0.4, 0.5) is 5.69 Å². The molecular formula is C15H20N4OS. The minimum atomic E-state index is 0.201. The third-order valence-electron chi connectivity index (χ3n) is 3.94. The van der Waals surface area contributed by atoms with E-state index in [-0.39, 0.29) is 5.91 Å². The monoisotopic (exact) mass is 304 g/mol. The van der Waals surface area contributed by atoms with Crippen LogP contribution >= 0.6 is 11.8 Å². The first kappa shape index (κ1) is 14.3. The van der Waals surface area contributed by atoms with Gasteiger partial charge < -0.3 is 15.6 Å². The number of nitrogen functional groups attached to an aromatic ring is 1. The number of carbonyl (C=O) groups excluding carboxylic acids is 1. The zero-order valence-corrected chi connectivity index (χ0v) is 12.9. The molecule has 1 aliphatic heterocycles. The van der Waals surface area contributed by atoms with Gasteiger partial charge in [-0.15, -0.1) is 0 Å². The second-order valence-corrected chi connectivity index (χ2v) is 6.50. The van der Waals surface area contributed by atoms with Crippen LogP contribution in [0.2, 0.25) is 0 Å². The molecule has 1 aromatic heterocycles. The number of anilines is 1. The topological polar surface area (TPSA) is 75.0 Å². The van der Waals surface area contributed by atoms with Gasteiger partial charge in [0.1, 0.15) is 0 Å². The zero-order valence-electron chi connectivity index (χ0n) is 12.1. The van der Waals surface area contributed by atoms with Gasteiger partial charge in [-0.05, 0) is 44.4 Å². The van der Waals surface area contributed by atoms with Crippen molar-refractivity contribution in [2.45, 2.75) is 37.4 Å². The molecule has 5 nitrogen and oxygen atoms in total. The number of benzene rings is 1. The number of H-pyrrole nitrogens is 1. The van der Waals surface area contributed by atoms with Crippen LogP contribution in [0, 0.1) is 0 Å². The molecule has 1 aromatic carbocycles. The molecule has 1 unspecified atom stereocenters. The van der Waals surface area contributed by atoms with Crippen LogP contribution < -0.4 is 5.73 Å². The van der Waals surface area contributed by atoms with Crippen molar-refractivity contribution in [2.24, 2.45) is 0 Å². The number of carbonyl (C=O) groups is 1. The molecule has 1 saturated heterocycles. The summed E-state index contributed by atoms with van der Waals surface area (Å²) in [4.78, 5) is 22.0. The number of thioether (sulfide) groups is 1. The average Bonchev–Trinajstić information content (AvgIpc) is 2.87. The molecule has 2 aromatic rings. The van der Waals surface area contributed by atoms with E-state index in [0.717, 1.165) is 35.6 Å². The summed E-state index contributed by atoms with van der Waals surface area (Å²) in [6.07, 6.45) is 3.45. The molecule has 0 bridgehead atoms. The van der Waals surface area contributed by atoms with Gasteiger partial charge in [0.15, 0.2) is 5.16 Å². The third-order valence-corrected chi connectivity index (χ3v) is 4.80. The highest BCUT2D eigenvalue weighted by molar-refractivity contribution is 7.99. The maximum Gasteiger partial charge on any atom is 0.233 e. The first-order valence-electron chi connectivity index (χ1n) is 7.31. The maximum atomic E-state index is 12.3. The van der Waals surface area contributed by atoms with Crippen LogP contribution in [0.5, 0.6) is 0 Å². The quantitative estimate of drug-likeness (QED) is 0.675. The number of aromatic amines is 1. The Hall–Kier alpha value is -1.69. The van der Waals surface area contributed by atoms with Crippen molar-refractivity contribution in [3.8, 4) is 0 Å². The van der Waals surface area contributed by atoms with E-state index in [1.54, 1.807) is 0 Å². The molecule has 3 rings (SSSR count). The van der Waals surface area contributed by atoms with Crippen molar-refractivity contribution in [2.75, 3.05) is 18.0 Å². The van der Waals surface area contributed by atoms with E-state index in [0.29, 0.717) is 17.5 Å². The fraction of sp³-hybridized carbons (Fsp3) is 0.467. The molecule has 1 fully saturated rings. The number of likely N-dealkylation sites (tertiary alicyclic amines) is 1. The maximum absolute atomic E-state index is 12.3. The Morgan fingerprint density at radius 2 is 2.38 bits per heavy atom. The Balaban J connectivity index is 1.64. The number of nitrogens with zero attached hydrogens (tertiary/aromatic N) is 2. The molecular weight excluding hydrogens is 284 g/mol. The van der Waals surface area contributed by atoms with Crippen LogP contribution in [-0.2, 0) is 4.79 Å². The fourth-order valence-electron chi connectivity index (χ4n) is 2.75. The molecule has 6 heteroatoms. The lowest BCUT2D eigenvalue weighted by Crippen LogP contribution is -2.42. The van der Waals surface area contributed by atoms with Gasteiger partial charge in [-0.2, -0.15) is 0 Å². The number of hydrogen-bond donors (Lipinski definition) is 2. The first-order valence-corrected chi connectivity index (χ1v) is 8.29. The molecule has 1 amide bonds. The number of nitrogens with one attached hydrogen (secondary N) is 1. The summed E-state index contributed by atoms with van der Waals surface area (Å²) in [7, 11) is 0. The molecule has 1 aliphatic rings. The number of rotatable bonds is 3. The summed E-state index contributed by atoms with van der Waals surface area (Å²) in [6.45, 7) is 3.02. The largest absolute Gasteiger partial charge is 0.399 e. The summed E-state index contributed by atoms with van der Waals surface area (Å²) < 4.78 is 0. The Morgan fingerprint density at radius 3 is 3.19 bits per heavy atom. The molecule has 3 N–H and O–H groups in total. The van der Waals surface area contributed by atoms with Crippen molar-refractivity contribution in [1.82, 2.24) is 14.9 Å². The summed E-state index contributed by atoms with van der Waals surface area (Å²) in [5, 5.41) is 0.772. The number of amides is 1. The highest BCUT2D eigenvalue weighted by Crippen LogP contribution is 2.23. The van der Waals surface area contributed by atoms with Crippen molar-refractivity contribution in [3.05, 3.63) is 18.2 Å². The molecule has 21 heavy (non-hydrogen) atoms. The Labute approximate surface area is 128 Å². The molecule has 0 saturated carbocycles. The fourth-order valence-corrected chi connectivity index (χ4v) is 3.52. The van der Waals surface area contributed by atoms with Crippen molar-refractivity contribution in [1.29, 1.82) is 0 Å². The van der Waals surface area contributed by atoms with Gasteiger partial charge in [-0.25, -0.2) is 4.98 Å². The van der Waals surface area contributed by atoms with Gasteiger partial charge in [0.25, 0.3) is 0 Å². The van der Waals surface area contributed by atoms with E-state index in [2.05, 4.69) is 16.9 Å². The number of imidazole rings is 1. The number of piperidine rings is 1. The lowest BCUT2D eigenvalue weighted by atomic mass is 10.0. The third kappa shape index (κ3) is 3.15. The average molecular weight is 304 g/mol. The predicted molar refractivity (Wildman–Crippen MR) is 86.3 cm³/mol. The number of fused-ring (bicyclic) bond motifs is 1. The van der Waals surface area contributed by atoms with Gasteiger partial charge in [-0.1, -0.05) is 11.8 Å². The van der Waals surface area contributed by atoms with Gasteiger partial charge >= 0.3 is 0 Å². The summed E-state index contributed by atoms with van der Waals surface area (Å²) in [5.74, 6) is 0.631. The van der Waals surface area contributed by atoms with Gasteiger partial charge in [0.2, 0.25) is 5.91 Å². The minimum Gasteiger partial charge on any atom is -0.399 e. The Kier molecular flexibility index (Phi) is 4.05. The molecule has 0 spiro atoms. The summed E-state index contributed by atoms with van der Waals surface area (Å²) in [5.41, 5.74) is 8.26. The van der Waals surface area contributed by atoms with E-state index in [1.165, 1.54) is 18.2 Å². The predicted octanol–water partition coefficient (Wildman–Crippen LogP) is 2.64. The highest BCUT2D eigenvalue weighted by atomic mass is 32.2. The SMILES string of the molecule is CC1CCCCN1C(=O)CSc1nc2ccc(N)cc2[nH]1. The van der Waals surface area contributed by atoms with E-state index in [4.69, 9.17) is 5.73 Å². The zero-order chi connectivity index (χ0) is 14.8. The van der Waals surface area contributed by atoms with Gasteiger partial charge in [0.05, 0.1) is 16.8 Å². The van der Waals surface area contributed by atoms with E-state index < -0.39 is 0 Å². The lowest BCUT2D eigenvalue weighted by molar-refractivity contribution is -0.131. The number of nitrogens with two attached hydrogens (primary N) is 1. The van der Waals surface area contributed by atoms with Crippen LogP contribution in [-0.4, -0.2) is 39.1 Å². The molecule has 0 radical (unpaired) electrons.